The van der Waals surface area contributed by atoms with Crippen molar-refractivity contribution in [1.29, 1.82) is 0 Å². The zero-order valence-corrected chi connectivity index (χ0v) is 26.1. The van der Waals surface area contributed by atoms with Gasteiger partial charge in [0, 0.05) is 48.5 Å². The molecule has 256 valence electrons. The lowest BCUT2D eigenvalue weighted by Crippen LogP contribution is -2.67. The fraction of sp³-hybridized carbons (Fsp3) is 0.679. The number of terminal acetylenes is 1. The lowest BCUT2D eigenvalue weighted by molar-refractivity contribution is -0.356. The maximum Gasteiger partial charge on any atom is 0.303 e. The summed E-state index contributed by atoms with van der Waals surface area (Å²) < 4.78 is 60.2. The number of hydrogen-bond acceptors (Lipinski definition) is 18. The van der Waals surface area contributed by atoms with Crippen LogP contribution in [-0.2, 0) is 85.7 Å². The minimum Gasteiger partial charge on any atom is -0.463 e. The van der Waals surface area contributed by atoms with Gasteiger partial charge in [-0.05, 0) is 0 Å². The molecule has 0 radical (unpaired) electrons. The Kier molecular flexibility index (Phi) is 14.2. The highest BCUT2D eigenvalue weighted by Crippen LogP contribution is 2.35. The largest absolute Gasteiger partial charge is 0.463 e. The van der Waals surface area contributed by atoms with E-state index in [9.17, 15) is 33.6 Å². The first kappa shape index (κ1) is 37.7. The molecule has 2 heterocycles. The SMILES string of the molecule is C#CO[C@@H]1OC(COC(C)=O)[C@@H](O[C@@H]2OC(COC(C)=O)[C@H](OC(C)=O)[C@H](OC(C)=O)C2OC(C)=O)[C@H](OC(C)=O)C1OC(C)=O. The quantitative estimate of drug-likeness (QED) is 0.142. The first-order chi connectivity index (χ1) is 21.5. The van der Waals surface area contributed by atoms with Crippen molar-refractivity contribution in [2.45, 2.75) is 110 Å². The highest BCUT2D eigenvalue weighted by molar-refractivity contribution is 5.69. The smallest absolute Gasteiger partial charge is 0.303 e. The Labute approximate surface area is 263 Å². The summed E-state index contributed by atoms with van der Waals surface area (Å²) in [6.45, 7) is 6.20. The van der Waals surface area contributed by atoms with Gasteiger partial charge < -0.3 is 52.1 Å². The summed E-state index contributed by atoms with van der Waals surface area (Å²) in [6.07, 6.45) is -8.61. The maximum absolute atomic E-state index is 12.3. The van der Waals surface area contributed by atoms with E-state index >= 15 is 0 Å². The number of ether oxygens (including phenoxy) is 11. The Hall–Kier alpha value is -4.47. The number of carbonyl (C=O) groups excluding carboxylic acids is 7. The Morgan fingerprint density at radius 1 is 0.500 bits per heavy atom. The third kappa shape index (κ3) is 11.2. The first-order valence-electron chi connectivity index (χ1n) is 13.7. The molecule has 0 amide bonds. The molecule has 2 rings (SSSR count). The standard InChI is InChI=1S/C28H36O18/c1-9-36-27-25(42-17(7)34)24(41-16(6)33)22(20(44-27)11-38-13(3)30)46-28-26(43-18(8)35)23(40-15(5)32)21(39-14(4)31)19(45-28)10-37-12(2)29/h1,19-28H,10-11H2,2-8H3/t19?,20?,21-,22+,23-,24-,25?,26?,27+,28-/m0/s1. The second-order valence-electron chi connectivity index (χ2n) is 9.90. The van der Waals surface area contributed by atoms with E-state index < -0.39 is 116 Å². The molecule has 2 aliphatic rings. The number of hydrogen-bond donors (Lipinski definition) is 0. The van der Waals surface area contributed by atoms with E-state index in [2.05, 4.69) is 0 Å². The predicted molar refractivity (Wildman–Crippen MR) is 143 cm³/mol. The van der Waals surface area contributed by atoms with Crippen molar-refractivity contribution < 1.29 is 85.7 Å². The van der Waals surface area contributed by atoms with Crippen LogP contribution in [0.5, 0.6) is 0 Å². The third-order valence-corrected chi connectivity index (χ3v) is 6.07. The van der Waals surface area contributed by atoms with Gasteiger partial charge in [0.15, 0.2) is 30.7 Å². The van der Waals surface area contributed by atoms with Gasteiger partial charge in [-0.2, -0.15) is 0 Å². The van der Waals surface area contributed by atoms with Crippen LogP contribution in [0.1, 0.15) is 48.5 Å². The topological polar surface area (TPSA) is 221 Å². The summed E-state index contributed by atoms with van der Waals surface area (Å²) in [7, 11) is 0. The molecule has 46 heavy (non-hydrogen) atoms. The minimum atomic E-state index is -1.80. The molecular formula is C28H36O18. The van der Waals surface area contributed by atoms with Crippen LogP contribution >= 0.6 is 0 Å². The van der Waals surface area contributed by atoms with Crippen LogP contribution < -0.4 is 0 Å². The third-order valence-electron chi connectivity index (χ3n) is 6.07. The Bertz CT molecular complexity index is 1190. The fourth-order valence-corrected chi connectivity index (χ4v) is 4.63. The molecule has 2 saturated heterocycles. The lowest BCUT2D eigenvalue weighted by Gasteiger charge is -2.48. The van der Waals surface area contributed by atoms with Crippen LogP contribution in [0.2, 0.25) is 0 Å². The summed E-state index contributed by atoms with van der Waals surface area (Å²) in [6, 6.07) is 0. The average molecular weight is 661 g/mol. The second-order valence-corrected chi connectivity index (χ2v) is 9.90. The molecule has 10 atom stereocenters. The summed E-state index contributed by atoms with van der Waals surface area (Å²) >= 11 is 0. The number of esters is 7. The van der Waals surface area contributed by atoms with Gasteiger partial charge in [-0.25, -0.2) is 0 Å². The molecular weight excluding hydrogens is 624 g/mol. The summed E-state index contributed by atoms with van der Waals surface area (Å²) in [5.41, 5.74) is 0. The zero-order valence-electron chi connectivity index (χ0n) is 26.1. The molecule has 0 N–H and O–H groups in total. The van der Waals surface area contributed by atoms with Crippen LogP contribution in [0.4, 0.5) is 0 Å². The van der Waals surface area contributed by atoms with Gasteiger partial charge in [0.05, 0.1) is 0 Å². The number of carbonyl (C=O) groups is 7. The van der Waals surface area contributed by atoms with Crippen molar-refractivity contribution in [3.8, 4) is 12.5 Å². The van der Waals surface area contributed by atoms with Gasteiger partial charge in [-0.15, -0.1) is 0 Å². The number of rotatable bonds is 12. The Morgan fingerprint density at radius 2 is 0.848 bits per heavy atom. The average Bonchev–Trinajstić information content (AvgIpc) is 2.91. The second kappa shape index (κ2) is 17.3. The monoisotopic (exact) mass is 660 g/mol. The van der Waals surface area contributed by atoms with E-state index in [1.807, 2.05) is 6.11 Å². The van der Waals surface area contributed by atoms with Crippen molar-refractivity contribution >= 4 is 41.8 Å². The van der Waals surface area contributed by atoms with E-state index in [0.717, 1.165) is 48.5 Å². The fourth-order valence-electron chi connectivity index (χ4n) is 4.63. The van der Waals surface area contributed by atoms with E-state index in [-0.39, 0.29) is 0 Å². The van der Waals surface area contributed by atoms with E-state index in [0.29, 0.717) is 0 Å². The van der Waals surface area contributed by atoms with Crippen LogP contribution in [0, 0.1) is 12.5 Å². The van der Waals surface area contributed by atoms with Gasteiger partial charge in [0.1, 0.15) is 37.6 Å². The van der Waals surface area contributed by atoms with Gasteiger partial charge in [-0.1, -0.05) is 6.42 Å². The van der Waals surface area contributed by atoms with Crippen molar-refractivity contribution in [1.82, 2.24) is 0 Å². The van der Waals surface area contributed by atoms with Gasteiger partial charge in [-0.3, -0.25) is 33.6 Å². The molecule has 0 aromatic rings. The van der Waals surface area contributed by atoms with Crippen molar-refractivity contribution in [3.63, 3.8) is 0 Å². The molecule has 2 aliphatic heterocycles. The van der Waals surface area contributed by atoms with Crippen LogP contribution in [0.3, 0.4) is 0 Å². The molecule has 18 heteroatoms. The van der Waals surface area contributed by atoms with E-state index in [1.54, 1.807) is 0 Å². The van der Waals surface area contributed by atoms with Gasteiger partial charge in [0.2, 0.25) is 6.10 Å². The molecule has 4 unspecified atom stereocenters. The predicted octanol–water partition coefficient (Wildman–Crippen LogP) is -0.787. The molecule has 0 aromatic heterocycles. The van der Waals surface area contributed by atoms with Crippen LogP contribution in [0.25, 0.3) is 0 Å². The molecule has 0 bridgehead atoms. The van der Waals surface area contributed by atoms with E-state index in [1.165, 1.54) is 0 Å². The van der Waals surface area contributed by atoms with Gasteiger partial charge in [0.25, 0.3) is 6.29 Å². The normalized spacial score (nSPS) is 30.3. The molecule has 0 aliphatic carbocycles. The van der Waals surface area contributed by atoms with Crippen molar-refractivity contribution in [2.24, 2.45) is 0 Å². The lowest BCUT2D eigenvalue weighted by atomic mass is 9.96. The highest BCUT2D eigenvalue weighted by atomic mass is 16.8. The molecule has 0 saturated carbocycles. The molecule has 0 spiro atoms. The van der Waals surface area contributed by atoms with Crippen molar-refractivity contribution in [2.75, 3.05) is 13.2 Å². The van der Waals surface area contributed by atoms with Crippen LogP contribution in [-0.4, -0.2) is 116 Å². The Morgan fingerprint density at radius 3 is 1.26 bits per heavy atom. The van der Waals surface area contributed by atoms with Gasteiger partial charge >= 0.3 is 41.8 Å². The molecule has 2 fully saturated rings. The summed E-state index contributed by atoms with van der Waals surface area (Å²) in [5.74, 6) is -5.97. The van der Waals surface area contributed by atoms with Crippen molar-refractivity contribution in [3.05, 3.63) is 0 Å². The Balaban J connectivity index is 2.71. The minimum absolute atomic E-state index is 0.569. The molecule has 0 aromatic carbocycles. The van der Waals surface area contributed by atoms with E-state index in [4.69, 9.17) is 58.5 Å². The maximum atomic E-state index is 12.3. The summed E-state index contributed by atoms with van der Waals surface area (Å²) in [5, 5.41) is 0. The highest BCUT2D eigenvalue weighted by Gasteiger charge is 2.57. The molecule has 18 nitrogen and oxygen atoms in total. The first-order valence-corrected chi connectivity index (χ1v) is 13.7. The zero-order chi connectivity index (χ0) is 34.7. The summed E-state index contributed by atoms with van der Waals surface area (Å²) in [4.78, 5) is 84.2. The van der Waals surface area contributed by atoms with Crippen LogP contribution in [0.15, 0.2) is 0 Å².